The van der Waals surface area contributed by atoms with Gasteiger partial charge in [0.15, 0.2) is 0 Å². The molecule has 9 aromatic carbocycles. The van der Waals surface area contributed by atoms with Gasteiger partial charge in [-0.25, -0.2) is 0 Å². The fraction of sp³-hybridized carbons (Fsp3) is 0.0196. The van der Waals surface area contributed by atoms with Gasteiger partial charge in [-0.2, -0.15) is 0 Å². The smallest absolute Gasteiger partial charge is 0.0984 e. The van der Waals surface area contributed by atoms with Gasteiger partial charge in [0, 0.05) is 36.9 Å². The van der Waals surface area contributed by atoms with Gasteiger partial charge in [0.2, 0.25) is 0 Å². The summed E-state index contributed by atoms with van der Waals surface area (Å²) in [5, 5.41) is 12.7. The van der Waals surface area contributed by atoms with Gasteiger partial charge in [-0.15, -0.1) is 11.3 Å². The van der Waals surface area contributed by atoms with Gasteiger partial charge < -0.3 is 4.42 Å². The molecule has 0 atom stereocenters. The summed E-state index contributed by atoms with van der Waals surface area (Å²) < 4.78 is 8.33. The summed E-state index contributed by atoms with van der Waals surface area (Å²) in [6, 6.07) is 60.4. The highest BCUT2D eigenvalue weighted by Gasteiger charge is 2.22. The van der Waals surface area contributed by atoms with E-state index in [0.717, 1.165) is 11.1 Å². The standard InChI is InChI=1S/C51H32OS/c1-31-29-52-30-45(31)50-41-22-11-9-20-39(41)49(40-21-10-12-23-42(40)50)44-25-13-24-43-34-27-26-33(28-46(34)53-51(43)44)48-37-18-7-5-16-35(37)47(32-14-3-2-4-15-32)36-17-6-8-19-38(36)48/h2-30H,1H3. The fourth-order valence-corrected chi connectivity index (χ4v) is 10.1. The SMILES string of the molecule is Cc1cocc1-c1c2ccccc2c(-c2cccc3c2sc2cc(-c4c5ccccc5c(-c5ccccc5)c5ccccc45)ccc23)c2ccccc12. The molecule has 0 aliphatic rings. The monoisotopic (exact) mass is 692 g/mol. The quantitative estimate of drug-likeness (QED) is 0.167. The lowest BCUT2D eigenvalue weighted by molar-refractivity contribution is 0.566. The second-order valence-electron chi connectivity index (χ2n) is 14.0. The third-order valence-corrected chi connectivity index (χ3v) is 12.3. The minimum absolute atomic E-state index is 1.14. The Labute approximate surface area is 311 Å². The zero-order chi connectivity index (χ0) is 35.0. The number of aryl methyl sites for hydroxylation is 1. The van der Waals surface area contributed by atoms with E-state index in [1.165, 1.54) is 102 Å². The van der Waals surface area contributed by atoms with E-state index in [4.69, 9.17) is 4.42 Å². The van der Waals surface area contributed by atoms with Gasteiger partial charge >= 0.3 is 0 Å². The lowest BCUT2D eigenvalue weighted by atomic mass is 9.85. The Morgan fingerprint density at radius 3 is 1.36 bits per heavy atom. The molecular weight excluding hydrogens is 661 g/mol. The summed E-state index contributed by atoms with van der Waals surface area (Å²) in [7, 11) is 0. The first kappa shape index (κ1) is 30.2. The second-order valence-corrected chi connectivity index (χ2v) is 15.1. The predicted molar refractivity (Wildman–Crippen MR) is 228 cm³/mol. The van der Waals surface area contributed by atoms with E-state index in [9.17, 15) is 0 Å². The lowest BCUT2D eigenvalue weighted by Crippen LogP contribution is -1.91. The van der Waals surface area contributed by atoms with E-state index in [0.29, 0.717) is 0 Å². The van der Waals surface area contributed by atoms with Crippen LogP contribution in [0.2, 0.25) is 0 Å². The maximum absolute atomic E-state index is 5.72. The molecule has 0 saturated carbocycles. The molecule has 11 aromatic rings. The van der Waals surface area contributed by atoms with Crippen LogP contribution in [0, 0.1) is 6.92 Å². The van der Waals surface area contributed by atoms with Crippen molar-refractivity contribution in [2.75, 3.05) is 0 Å². The molecule has 0 unspecified atom stereocenters. The van der Waals surface area contributed by atoms with Crippen molar-refractivity contribution in [3.8, 4) is 44.5 Å². The molecule has 0 amide bonds. The van der Waals surface area contributed by atoms with Crippen LogP contribution in [0.3, 0.4) is 0 Å². The van der Waals surface area contributed by atoms with Gasteiger partial charge in [0.1, 0.15) is 0 Å². The molecule has 11 rings (SSSR count). The minimum Gasteiger partial charge on any atom is -0.472 e. The maximum atomic E-state index is 5.72. The lowest BCUT2D eigenvalue weighted by Gasteiger charge is -2.17. The van der Waals surface area contributed by atoms with Crippen molar-refractivity contribution in [3.63, 3.8) is 0 Å². The molecule has 0 aliphatic heterocycles. The van der Waals surface area contributed by atoms with Crippen LogP contribution in [0.15, 0.2) is 181 Å². The van der Waals surface area contributed by atoms with E-state index >= 15 is 0 Å². The van der Waals surface area contributed by atoms with Crippen LogP contribution in [-0.4, -0.2) is 0 Å². The molecule has 53 heavy (non-hydrogen) atoms. The van der Waals surface area contributed by atoms with Crippen molar-refractivity contribution in [1.29, 1.82) is 0 Å². The third-order valence-electron chi connectivity index (χ3n) is 11.1. The molecular formula is C51H32OS. The highest BCUT2D eigenvalue weighted by molar-refractivity contribution is 7.26. The molecule has 0 radical (unpaired) electrons. The van der Waals surface area contributed by atoms with Crippen LogP contribution < -0.4 is 0 Å². The molecule has 0 aliphatic carbocycles. The molecule has 2 heteroatoms. The van der Waals surface area contributed by atoms with Crippen LogP contribution in [-0.2, 0) is 0 Å². The summed E-state index contributed by atoms with van der Waals surface area (Å²) in [5.74, 6) is 0. The van der Waals surface area contributed by atoms with E-state index in [2.05, 4.69) is 171 Å². The van der Waals surface area contributed by atoms with Gasteiger partial charge in [0.05, 0.1) is 12.5 Å². The van der Waals surface area contributed by atoms with Gasteiger partial charge in [-0.1, -0.05) is 158 Å². The summed E-state index contributed by atoms with van der Waals surface area (Å²) >= 11 is 1.91. The normalized spacial score (nSPS) is 11.9. The number of thiophene rings is 1. The zero-order valence-corrected chi connectivity index (χ0v) is 29.9. The molecule has 2 aromatic heterocycles. The van der Waals surface area contributed by atoms with Crippen molar-refractivity contribution in [1.82, 2.24) is 0 Å². The van der Waals surface area contributed by atoms with Crippen molar-refractivity contribution >= 4 is 74.6 Å². The summed E-state index contributed by atoms with van der Waals surface area (Å²) in [6.45, 7) is 2.13. The molecule has 0 N–H and O–H groups in total. The Morgan fingerprint density at radius 1 is 0.358 bits per heavy atom. The molecule has 0 spiro atoms. The number of hydrogen-bond acceptors (Lipinski definition) is 2. The average Bonchev–Trinajstić information content (AvgIpc) is 3.81. The molecule has 248 valence electrons. The van der Waals surface area contributed by atoms with E-state index in [-0.39, 0.29) is 0 Å². The second kappa shape index (κ2) is 11.8. The fourth-order valence-electron chi connectivity index (χ4n) is 8.83. The van der Waals surface area contributed by atoms with E-state index in [1.807, 2.05) is 23.9 Å². The van der Waals surface area contributed by atoms with Crippen LogP contribution >= 0.6 is 11.3 Å². The number of benzene rings is 9. The number of hydrogen-bond donors (Lipinski definition) is 0. The highest BCUT2D eigenvalue weighted by Crippen LogP contribution is 2.50. The molecule has 1 nitrogen and oxygen atoms in total. The number of fused-ring (bicyclic) bond motifs is 7. The van der Waals surface area contributed by atoms with Crippen molar-refractivity contribution in [2.24, 2.45) is 0 Å². The first-order valence-electron chi connectivity index (χ1n) is 18.2. The average molecular weight is 693 g/mol. The van der Waals surface area contributed by atoms with E-state index < -0.39 is 0 Å². The maximum Gasteiger partial charge on any atom is 0.0984 e. The van der Waals surface area contributed by atoms with Crippen molar-refractivity contribution < 1.29 is 4.42 Å². The highest BCUT2D eigenvalue weighted by atomic mass is 32.1. The largest absolute Gasteiger partial charge is 0.472 e. The van der Waals surface area contributed by atoms with Crippen LogP contribution in [0.4, 0.5) is 0 Å². The summed E-state index contributed by atoms with van der Waals surface area (Å²) in [6.07, 6.45) is 3.75. The zero-order valence-electron chi connectivity index (χ0n) is 29.1. The first-order chi connectivity index (χ1) is 26.2. The van der Waals surface area contributed by atoms with Gasteiger partial charge in [0.25, 0.3) is 0 Å². The first-order valence-corrected chi connectivity index (χ1v) is 19.0. The van der Waals surface area contributed by atoms with Gasteiger partial charge in [-0.05, 0) is 89.5 Å². The van der Waals surface area contributed by atoms with Crippen LogP contribution in [0.25, 0.3) is 108 Å². The molecule has 0 fully saturated rings. The topological polar surface area (TPSA) is 13.1 Å². The number of furan rings is 1. The molecule has 2 heterocycles. The predicted octanol–water partition coefficient (Wildman–Crippen LogP) is 15.2. The summed E-state index contributed by atoms with van der Waals surface area (Å²) in [4.78, 5) is 0. The Morgan fingerprint density at radius 2 is 0.830 bits per heavy atom. The van der Waals surface area contributed by atoms with Crippen molar-refractivity contribution in [2.45, 2.75) is 6.92 Å². The Bertz CT molecular complexity index is 3120. The van der Waals surface area contributed by atoms with Crippen LogP contribution in [0.5, 0.6) is 0 Å². The Hall–Kier alpha value is -6.48. The third kappa shape index (κ3) is 4.49. The molecule has 0 bridgehead atoms. The Balaban J connectivity index is 1.18. The Kier molecular flexibility index (Phi) is 6.71. The minimum atomic E-state index is 1.14. The van der Waals surface area contributed by atoms with Crippen LogP contribution in [0.1, 0.15) is 5.56 Å². The molecule has 0 saturated heterocycles. The summed E-state index contributed by atoms with van der Waals surface area (Å²) in [5.41, 5.74) is 11.2. The van der Waals surface area contributed by atoms with Crippen molar-refractivity contribution in [3.05, 3.63) is 182 Å². The number of rotatable bonds is 4. The van der Waals surface area contributed by atoms with E-state index in [1.54, 1.807) is 0 Å². The van der Waals surface area contributed by atoms with Gasteiger partial charge in [-0.3, -0.25) is 0 Å².